The molecule has 3 aliphatic heterocycles. The van der Waals surface area contributed by atoms with Crippen molar-refractivity contribution in [2.75, 3.05) is 26.4 Å². The molecule has 0 aromatic heterocycles. The highest BCUT2D eigenvalue weighted by atomic mass is 32.2. The van der Waals surface area contributed by atoms with Crippen LogP contribution in [0.25, 0.3) is 0 Å². The lowest BCUT2D eigenvalue weighted by molar-refractivity contribution is 0.157. The Morgan fingerprint density at radius 3 is 2.86 bits per heavy atom. The highest BCUT2D eigenvalue weighted by molar-refractivity contribution is 7.79. The molecule has 5 rings (SSSR count). The minimum atomic E-state index is -2.03. The molecule has 0 fully saturated rings. The number of hydrogen-bond acceptors (Lipinski definition) is 6. The summed E-state index contributed by atoms with van der Waals surface area (Å²) in [5, 5.41) is 0. The number of benzene rings is 2. The summed E-state index contributed by atoms with van der Waals surface area (Å²) in [6.45, 7) is 1.92. The van der Waals surface area contributed by atoms with Gasteiger partial charge in [0.25, 0.3) is 0 Å². The molecule has 1 N–H and O–H groups in total. The summed E-state index contributed by atoms with van der Waals surface area (Å²) in [5.41, 5.74) is 4.81. The van der Waals surface area contributed by atoms with Crippen LogP contribution in [0.2, 0.25) is 0 Å². The second-order valence-corrected chi connectivity index (χ2v) is 8.04. The molecule has 8 heteroatoms. The third kappa shape index (κ3) is 2.92. The maximum Gasteiger partial charge on any atom is 0.231 e. The molecule has 0 saturated carbocycles. The van der Waals surface area contributed by atoms with Crippen molar-refractivity contribution in [1.29, 1.82) is 0 Å². The molecule has 2 aromatic rings. The zero-order valence-corrected chi connectivity index (χ0v) is 16.3. The maximum absolute atomic E-state index is 11.1. The zero-order chi connectivity index (χ0) is 19.3. The van der Waals surface area contributed by atoms with Crippen molar-refractivity contribution >= 4 is 11.1 Å². The Bertz CT molecular complexity index is 962. The molecule has 0 saturated heterocycles. The first-order chi connectivity index (χ1) is 13.6. The molecule has 2 unspecified atom stereocenters. The average molecular weight is 403 g/mol. The van der Waals surface area contributed by atoms with E-state index in [1.54, 1.807) is 7.11 Å². The van der Waals surface area contributed by atoms with Crippen molar-refractivity contribution in [3.63, 3.8) is 0 Å². The van der Waals surface area contributed by atoms with Gasteiger partial charge in [0.15, 0.2) is 40.0 Å². The molecule has 0 bridgehead atoms. The lowest BCUT2D eigenvalue weighted by Crippen LogP contribution is -2.39. The standard InChI is InChI=1S/C20H21NO6S/c1-24-17-3-2-12-6-16-14-8-19-18(25-10-26-19)7-13(14)4-5-21(16)9-15(12)20(17)27-11-28(22)23/h2-3,7-8,16H,4-6,9-11H2,1H3,(H,22,23). The van der Waals surface area contributed by atoms with Crippen LogP contribution in [-0.2, 0) is 30.5 Å². The smallest absolute Gasteiger partial charge is 0.231 e. The lowest BCUT2D eigenvalue weighted by Gasteiger charge is -2.42. The van der Waals surface area contributed by atoms with Crippen LogP contribution < -0.4 is 18.9 Å². The van der Waals surface area contributed by atoms with E-state index < -0.39 is 11.1 Å². The van der Waals surface area contributed by atoms with Gasteiger partial charge in [-0.1, -0.05) is 6.07 Å². The van der Waals surface area contributed by atoms with Crippen LogP contribution in [0.4, 0.5) is 0 Å². The van der Waals surface area contributed by atoms with Gasteiger partial charge < -0.3 is 23.5 Å². The van der Waals surface area contributed by atoms with Gasteiger partial charge in [-0.15, -0.1) is 0 Å². The Morgan fingerprint density at radius 1 is 1.25 bits per heavy atom. The Morgan fingerprint density at radius 2 is 2.07 bits per heavy atom. The molecule has 0 radical (unpaired) electrons. The van der Waals surface area contributed by atoms with Crippen molar-refractivity contribution in [3.05, 3.63) is 46.5 Å². The fraction of sp³-hybridized carbons (Fsp3) is 0.400. The van der Waals surface area contributed by atoms with E-state index in [1.807, 2.05) is 6.07 Å². The first kappa shape index (κ1) is 17.8. The fourth-order valence-corrected chi connectivity index (χ4v) is 4.64. The molecule has 2 aromatic carbocycles. The molecule has 7 nitrogen and oxygen atoms in total. The van der Waals surface area contributed by atoms with Crippen LogP contribution in [0.1, 0.15) is 28.3 Å². The quantitative estimate of drug-likeness (QED) is 0.787. The van der Waals surface area contributed by atoms with E-state index in [-0.39, 0.29) is 18.8 Å². The van der Waals surface area contributed by atoms with Gasteiger partial charge in [0.1, 0.15) is 0 Å². The highest BCUT2D eigenvalue weighted by Crippen LogP contribution is 2.46. The summed E-state index contributed by atoms with van der Waals surface area (Å²) in [4.78, 5) is 2.43. The average Bonchev–Trinajstić information content (AvgIpc) is 3.16. The van der Waals surface area contributed by atoms with Gasteiger partial charge >= 0.3 is 0 Å². The Balaban J connectivity index is 1.52. The Kier molecular flexibility index (Phi) is 4.41. The van der Waals surface area contributed by atoms with E-state index >= 15 is 0 Å². The number of methoxy groups -OCH3 is 1. The molecule has 0 amide bonds. The van der Waals surface area contributed by atoms with Crippen LogP contribution in [0.15, 0.2) is 24.3 Å². The largest absolute Gasteiger partial charge is 0.493 e. The van der Waals surface area contributed by atoms with Crippen LogP contribution in [0.3, 0.4) is 0 Å². The number of rotatable bonds is 4. The molecule has 0 aliphatic carbocycles. The van der Waals surface area contributed by atoms with E-state index in [2.05, 4.69) is 23.1 Å². The molecule has 0 spiro atoms. The molecule has 3 heterocycles. The van der Waals surface area contributed by atoms with Crippen LogP contribution in [0.5, 0.6) is 23.0 Å². The highest BCUT2D eigenvalue weighted by Gasteiger charge is 2.35. The van der Waals surface area contributed by atoms with Crippen molar-refractivity contribution in [3.8, 4) is 23.0 Å². The van der Waals surface area contributed by atoms with Crippen LogP contribution in [0, 0.1) is 0 Å². The molecular formula is C20H21NO6S. The summed E-state index contributed by atoms with van der Waals surface area (Å²) in [7, 11) is 1.58. The summed E-state index contributed by atoms with van der Waals surface area (Å²) >= 11 is -2.03. The number of hydrogen-bond donors (Lipinski definition) is 1. The van der Waals surface area contributed by atoms with E-state index in [1.165, 1.54) is 16.7 Å². The van der Waals surface area contributed by atoms with Crippen molar-refractivity contribution in [2.45, 2.75) is 25.4 Å². The molecule has 2 atom stereocenters. The minimum absolute atomic E-state index is 0.263. The van der Waals surface area contributed by atoms with Gasteiger partial charge in [0.2, 0.25) is 6.79 Å². The monoisotopic (exact) mass is 403 g/mol. The minimum Gasteiger partial charge on any atom is -0.493 e. The van der Waals surface area contributed by atoms with E-state index in [0.29, 0.717) is 18.0 Å². The second-order valence-electron chi connectivity index (χ2n) is 7.16. The summed E-state index contributed by atoms with van der Waals surface area (Å²) < 4.78 is 42.5. The second kappa shape index (κ2) is 6.95. The molecular weight excluding hydrogens is 382 g/mol. The van der Waals surface area contributed by atoms with Crippen molar-refractivity contribution in [2.24, 2.45) is 0 Å². The van der Waals surface area contributed by atoms with Crippen LogP contribution >= 0.6 is 0 Å². The first-order valence-electron chi connectivity index (χ1n) is 9.19. The van der Waals surface area contributed by atoms with E-state index in [9.17, 15) is 4.21 Å². The molecule has 3 aliphatic rings. The first-order valence-corrected chi connectivity index (χ1v) is 10.5. The van der Waals surface area contributed by atoms with Crippen LogP contribution in [-0.4, -0.2) is 40.0 Å². The Hall–Kier alpha value is -2.29. The van der Waals surface area contributed by atoms with Gasteiger partial charge in [-0.3, -0.25) is 4.90 Å². The number of nitrogens with zero attached hydrogens (tertiary/aromatic N) is 1. The summed E-state index contributed by atoms with van der Waals surface area (Å²) in [6.07, 6.45) is 1.78. The van der Waals surface area contributed by atoms with E-state index in [0.717, 1.165) is 36.4 Å². The Labute approximate surface area is 165 Å². The van der Waals surface area contributed by atoms with Crippen molar-refractivity contribution in [1.82, 2.24) is 4.90 Å². The molecule has 28 heavy (non-hydrogen) atoms. The fourth-order valence-electron chi connectivity index (χ4n) is 4.42. The third-order valence-corrected chi connectivity index (χ3v) is 6.04. The van der Waals surface area contributed by atoms with Gasteiger partial charge in [-0.2, -0.15) is 0 Å². The van der Waals surface area contributed by atoms with Gasteiger partial charge in [0, 0.05) is 24.7 Å². The SMILES string of the molecule is COc1ccc2c(c1OCS(=O)O)CN1CCc3cc4c(cc3C1C2)OCO4. The predicted octanol–water partition coefficient (Wildman–Crippen LogP) is 2.64. The summed E-state index contributed by atoms with van der Waals surface area (Å²) in [6, 6.07) is 8.43. The van der Waals surface area contributed by atoms with E-state index in [4.69, 9.17) is 23.5 Å². The summed E-state index contributed by atoms with van der Waals surface area (Å²) in [5.74, 6) is 2.53. The maximum atomic E-state index is 11.1. The topological polar surface area (TPSA) is 77.5 Å². The number of ether oxygens (including phenoxy) is 4. The zero-order valence-electron chi connectivity index (χ0n) is 15.5. The number of fused-ring (bicyclic) bond motifs is 5. The predicted molar refractivity (Wildman–Crippen MR) is 102 cm³/mol. The van der Waals surface area contributed by atoms with Gasteiger partial charge in [-0.05, 0) is 47.7 Å². The lowest BCUT2D eigenvalue weighted by atomic mass is 9.83. The molecule has 148 valence electrons. The van der Waals surface area contributed by atoms with Gasteiger partial charge in [-0.25, -0.2) is 4.21 Å². The normalized spacial score (nSPS) is 20.7. The third-order valence-electron chi connectivity index (χ3n) is 5.72. The van der Waals surface area contributed by atoms with Crippen molar-refractivity contribution < 1.29 is 27.7 Å². The van der Waals surface area contributed by atoms with Gasteiger partial charge in [0.05, 0.1) is 7.11 Å².